The molecule has 1 amide bonds. The summed E-state index contributed by atoms with van der Waals surface area (Å²) in [5.74, 6) is -0.397. The van der Waals surface area contributed by atoms with E-state index < -0.39 is 22.9 Å². The van der Waals surface area contributed by atoms with E-state index in [9.17, 15) is 19.7 Å². The van der Waals surface area contributed by atoms with Crippen LogP contribution in [0.3, 0.4) is 0 Å². The minimum atomic E-state index is -1.05. The summed E-state index contributed by atoms with van der Waals surface area (Å²) < 4.78 is 10.7. The van der Waals surface area contributed by atoms with Gasteiger partial charge in [0.05, 0.1) is 22.2 Å². The second-order valence-corrected chi connectivity index (χ2v) is 6.72. The third-order valence-corrected chi connectivity index (χ3v) is 4.20. The first-order valence-electron chi connectivity index (χ1n) is 8.90. The molecule has 0 aromatic heterocycles. The molecule has 1 unspecified atom stereocenters. The molecule has 154 valence electrons. The summed E-state index contributed by atoms with van der Waals surface area (Å²) in [6.07, 6.45) is -0.511. The molecule has 0 aliphatic carbocycles. The van der Waals surface area contributed by atoms with E-state index in [0.717, 1.165) is 17.4 Å². The van der Waals surface area contributed by atoms with Gasteiger partial charge in [0, 0.05) is 18.6 Å². The Morgan fingerprint density at radius 1 is 1.24 bits per heavy atom. The number of rotatable bonds is 9. The van der Waals surface area contributed by atoms with Crippen LogP contribution in [0.15, 0.2) is 42.5 Å². The number of aryl methyl sites for hydroxylation is 1. The van der Waals surface area contributed by atoms with Gasteiger partial charge in [0.1, 0.15) is 5.75 Å². The van der Waals surface area contributed by atoms with E-state index in [1.807, 2.05) is 31.2 Å². The number of non-ortho nitro benzene ring substituents is 1. The topological polar surface area (TPSA) is 108 Å². The summed E-state index contributed by atoms with van der Waals surface area (Å²) in [6, 6.07) is 11.2. The Hall–Kier alpha value is -3.13. The molecule has 0 aliphatic rings. The van der Waals surface area contributed by atoms with E-state index in [0.29, 0.717) is 13.0 Å². The normalized spacial score (nSPS) is 11.4. The van der Waals surface area contributed by atoms with E-state index >= 15 is 0 Å². The lowest BCUT2D eigenvalue weighted by molar-refractivity contribution is -0.384. The van der Waals surface area contributed by atoms with E-state index in [2.05, 4.69) is 5.32 Å². The van der Waals surface area contributed by atoms with Crippen molar-refractivity contribution in [3.8, 4) is 5.75 Å². The van der Waals surface area contributed by atoms with E-state index in [-0.39, 0.29) is 22.8 Å². The fourth-order valence-electron chi connectivity index (χ4n) is 2.37. The molecule has 2 aromatic rings. The molecule has 29 heavy (non-hydrogen) atoms. The largest absolute Gasteiger partial charge is 0.494 e. The average molecular weight is 421 g/mol. The number of nitro benzene ring substituents is 1. The van der Waals surface area contributed by atoms with Crippen molar-refractivity contribution in [3.05, 3.63) is 63.2 Å². The molecule has 0 radical (unpaired) electrons. The first-order valence-corrected chi connectivity index (χ1v) is 9.28. The predicted molar refractivity (Wildman–Crippen MR) is 108 cm³/mol. The number of hydrogen-bond acceptors (Lipinski definition) is 6. The Morgan fingerprint density at radius 2 is 2.00 bits per heavy atom. The first-order chi connectivity index (χ1) is 13.8. The van der Waals surface area contributed by atoms with Crippen molar-refractivity contribution >= 4 is 34.9 Å². The number of halogens is 1. The number of benzene rings is 2. The molecule has 0 saturated heterocycles. The third-order valence-electron chi connectivity index (χ3n) is 3.88. The SMILES string of the molecule is Cc1cccc(OCCCC(=O)OC(C)C(=O)Nc2ccc([N+](=O)[O-])cc2Cl)c1. The van der Waals surface area contributed by atoms with Crippen LogP contribution in [0.25, 0.3) is 0 Å². The fraction of sp³-hybridized carbons (Fsp3) is 0.300. The molecule has 2 aromatic carbocycles. The minimum Gasteiger partial charge on any atom is -0.494 e. The van der Waals surface area contributed by atoms with Crippen LogP contribution in [-0.4, -0.2) is 29.5 Å². The van der Waals surface area contributed by atoms with Crippen LogP contribution in [0.1, 0.15) is 25.3 Å². The summed E-state index contributed by atoms with van der Waals surface area (Å²) in [6.45, 7) is 3.73. The van der Waals surface area contributed by atoms with Crippen molar-refractivity contribution in [1.29, 1.82) is 0 Å². The Morgan fingerprint density at radius 3 is 2.66 bits per heavy atom. The lowest BCUT2D eigenvalue weighted by Gasteiger charge is -2.14. The second kappa shape index (κ2) is 10.4. The van der Waals surface area contributed by atoms with Gasteiger partial charge in [-0.05, 0) is 44.0 Å². The van der Waals surface area contributed by atoms with Crippen molar-refractivity contribution in [2.75, 3.05) is 11.9 Å². The highest BCUT2D eigenvalue weighted by Gasteiger charge is 2.19. The Bertz CT molecular complexity index is 902. The Labute approximate surface area is 172 Å². The van der Waals surface area contributed by atoms with Crippen LogP contribution >= 0.6 is 11.6 Å². The quantitative estimate of drug-likeness (QED) is 0.280. The van der Waals surface area contributed by atoms with Crippen LogP contribution in [0.4, 0.5) is 11.4 Å². The smallest absolute Gasteiger partial charge is 0.306 e. The number of amides is 1. The molecule has 0 spiro atoms. The minimum absolute atomic E-state index is 0.0133. The number of ether oxygens (including phenoxy) is 2. The molecule has 0 fully saturated rings. The third kappa shape index (κ3) is 7.08. The average Bonchev–Trinajstić information content (AvgIpc) is 2.66. The van der Waals surface area contributed by atoms with Crippen LogP contribution < -0.4 is 10.1 Å². The Kier molecular flexibility index (Phi) is 7.97. The molecule has 2 rings (SSSR count). The number of anilines is 1. The highest BCUT2D eigenvalue weighted by atomic mass is 35.5. The Balaban J connectivity index is 1.75. The van der Waals surface area contributed by atoms with Crippen molar-refractivity contribution in [2.24, 2.45) is 0 Å². The lowest BCUT2D eigenvalue weighted by atomic mass is 10.2. The van der Waals surface area contributed by atoms with Gasteiger partial charge in [-0.25, -0.2) is 0 Å². The zero-order valence-electron chi connectivity index (χ0n) is 16.0. The molecular weight excluding hydrogens is 400 g/mol. The number of carbonyl (C=O) groups is 2. The molecule has 0 aliphatic heterocycles. The van der Waals surface area contributed by atoms with Gasteiger partial charge in [-0.2, -0.15) is 0 Å². The van der Waals surface area contributed by atoms with Crippen molar-refractivity contribution < 1.29 is 24.0 Å². The number of carbonyl (C=O) groups excluding carboxylic acids is 2. The maximum atomic E-state index is 12.2. The molecule has 0 heterocycles. The van der Waals surface area contributed by atoms with E-state index in [4.69, 9.17) is 21.1 Å². The van der Waals surface area contributed by atoms with Gasteiger partial charge < -0.3 is 14.8 Å². The molecule has 1 N–H and O–H groups in total. The number of esters is 1. The number of hydrogen-bond donors (Lipinski definition) is 1. The monoisotopic (exact) mass is 420 g/mol. The summed E-state index contributed by atoms with van der Waals surface area (Å²) in [4.78, 5) is 34.2. The predicted octanol–water partition coefficient (Wildman–Crippen LogP) is 4.29. The summed E-state index contributed by atoms with van der Waals surface area (Å²) in [5.41, 5.74) is 1.08. The van der Waals surface area contributed by atoms with E-state index in [1.165, 1.54) is 19.1 Å². The standard InChI is InChI=1S/C20H21ClN2O6/c1-13-5-3-6-16(11-13)28-10-4-7-19(24)29-14(2)20(25)22-18-9-8-15(23(26)27)12-17(18)21/h3,5-6,8-9,11-12,14H,4,7,10H2,1-2H3,(H,22,25). The van der Waals surface area contributed by atoms with E-state index in [1.54, 1.807) is 0 Å². The zero-order chi connectivity index (χ0) is 21.4. The van der Waals surface area contributed by atoms with Gasteiger partial charge in [-0.15, -0.1) is 0 Å². The number of nitrogens with zero attached hydrogens (tertiary/aromatic N) is 1. The molecular formula is C20H21ClN2O6. The van der Waals surface area contributed by atoms with Gasteiger partial charge in [0.2, 0.25) is 0 Å². The maximum absolute atomic E-state index is 12.2. The fourth-order valence-corrected chi connectivity index (χ4v) is 2.60. The highest BCUT2D eigenvalue weighted by Crippen LogP contribution is 2.26. The van der Waals surface area contributed by atoms with Gasteiger partial charge >= 0.3 is 5.97 Å². The van der Waals surface area contributed by atoms with Crippen LogP contribution in [0.5, 0.6) is 5.75 Å². The zero-order valence-corrected chi connectivity index (χ0v) is 16.8. The second-order valence-electron chi connectivity index (χ2n) is 6.31. The lowest BCUT2D eigenvalue weighted by Crippen LogP contribution is -2.30. The van der Waals surface area contributed by atoms with Crippen LogP contribution in [0, 0.1) is 17.0 Å². The van der Waals surface area contributed by atoms with Crippen molar-refractivity contribution in [3.63, 3.8) is 0 Å². The van der Waals surface area contributed by atoms with Crippen LogP contribution in [0.2, 0.25) is 5.02 Å². The van der Waals surface area contributed by atoms with Gasteiger partial charge in [-0.3, -0.25) is 19.7 Å². The summed E-state index contributed by atoms with van der Waals surface area (Å²) in [7, 11) is 0. The summed E-state index contributed by atoms with van der Waals surface area (Å²) >= 11 is 5.93. The van der Waals surface area contributed by atoms with Crippen molar-refractivity contribution in [2.45, 2.75) is 32.8 Å². The molecule has 0 bridgehead atoms. The molecule has 8 nitrogen and oxygen atoms in total. The van der Waals surface area contributed by atoms with Gasteiger partial charge in [-0.1, -0.05) is 23.7 Å². The summed E-state index contributed by atoms with van der Waals surface area (Å²) in [5, 5.41) is 13.2. The number of nitrogens with one attached hydrogen (secondary N) is 1. The first kappa shape index (κ1) is 22.2. The van der Waals surface area contributed by atoms with Crippen LogP contribution in [-0.2, 0) is 14.3 Å². The maximum Gasteiger partial charge on any atom is 0.306 e. The molecule has 9 heteroatoms. The van der Waals surface area contributed by atoms with Gasteiger partial charge in [0.15, 0.2) is 6.10 Å². The van der Waals surface area contributed by atoms with Gasteiger partial charge in [0.25, 0.3) is 11.6 Å². The van der Waals surface area contributed by atoms with Crippen molar-refractivity contribution in [1.82, 2.24) is 0 Å². The number of nitro groups is 1. The molecule has 1 atom stereocenters. The highest BCUT2D eigenvalue weighted by molar-refractivity contribution is 6.34. The molecule has 0 saturated carbocycles.